The maximum atomic E-state index is 12.5. The second-order valence-corrected chi connectivity index (χ2v) is 8.60. The third kappa shape index (κ3) is 4.41. The number of benzene rings is 3. The first kappa shape index (κ1) is 18.7. The van der Waals surface area contributed by atoms with Crippen molar-refractivity contribution >= 4 is 28.9 Å². The molecular formula is C24H19NOS2. The highest BCUT2D eigenvalue weighted by atomic mass is 32.2. The standard InChI is InChI=1S/C24H19NOS2/c1-17-7-9-20(10-8-17)22-15-27-24(25-22)28-16-23(26)21-13-11-19(12-14-21)18-5-3-2-4-6-18/h2-15H,16H2,1H3. The zero-order valence-corrected chi connectivity index (χ0v) is 17.1. The lowest BCUT2D eigenvalue weighted by molar-refractivity contribution is 0.102. The number of rotatable bonds is 6. The Hall–Kier alpha value is -2.69. The van der Waals surface area contributed by atoms with Gasteiger partial charge in [-0.05, 0) is 18.1 Å². The molecule has 1 aromatic heterocycles. The number of aromatic nitrogens is 1. The predicted molar refractivity (Wildman–Crippen MR) is 119 cm³/mol. The van der Waals surface area contributed by atoms with Gasteiger partial charge in [-0.2, -0.15) is 0 Å². The van der Waals surface area contributed by atoms with Gasteiger partial charge in [-0.3, -0.25) is 4.79 Å². The molecule has 0 atom stereocenters. The number of aryl methyl sites for hydroxylation is 1. The number of ketones is 1. The van der Waals surface area contributed by atoms with Crippen LogP contribution in [0.2, 0.25) is 0 Å². The minimum atomic E-state index is 0.122. The molecule has 4 heteroatoms. The Morgan fingerprint density at radius 2 is 1.50 bits per heavy atom. The molecule has 28 heavy (non-hydrogen) atoms. The molecule has 0 N–H and O–H groups in total. The van der Waals surface area contributed by atoms with E-state index < -0.39 is 0 Å². The van der Waals surface area contributed by atoms with Crippen LogP contribution in [0, 0.1) is 6.92 Å². The number of thioether (sulfide) groups is 1. The Bertz CT molecular complexity index is 1070. The average Bonchev–Trinajstić information content (AvgIpc) is 3.22. The molecule has 4 rings (SSSR count). The third-order valence-corrected chi connectivity index (χ3v) is 6.49. The van der Waals surface area contributed by atoms with Crippen LogP contribution in [0.1, 0.15) is 15.9 Å². The van der Waals surface area contributed by atoms with E-state index in [2.05, 4.69) is 48.3 Å². The topological polar surface area (TPSA) is 30.0 Å². The number of Topliss-reactive ketones (excluding diaryl/α,β-unsaturated/α-hetero) is 1. The molecular weight excluding hydrogens is 382 g/mol. The predicted octanol–water partition coefficient (Wildman–Crippen LogP) is 6.76. The molecule has 0 unspecified atom stereocenters. The first-order valence-electron chi connectivity index (χ1n) is 9.03. The van der Waals surface area contributed by atoms with Crippen molar-refractivity contribution in [2.75, 3.05) is 5.75 Å². The quantitative estimate of drug-likeness (QED) is 0.264. The molecule has 0 amide bonds. The molecule has 3 aromatic carbocycles. The van der Waals surface area contributed by atoms with E-state index in [9.17, 15) is 4.79 Å². The maximum absolute atomic E-state index is 12.5. The van der Waals surface area contributed by atoms with Gasteiger partial charge in [0.05, 0.1) is 11.4 Å². The van der Waals surface area contributed by atoms with E-state index in [1.165, 1.54) is 17.3 Å². The molecule has 138 valence electrons. The summed E-state index contributed by atoms with van der Waals surface area (Å²) in [6.07, 6.45) is 0. The van der Waals surface area contributed by atoms with E-state index >= 15 is 0 Å². The van der Waals surface area contributed by atoms with Crippen LogP contribution >= 0.6 is 23.1 Å². The summed E-state index contributed by atoms with van der Waals surface area (Å²) >= 11 is 3.09. The number of nitrogens with zero attached hydrogens (tertiary/aromatic N) is 1. The Balaban J connectivity index is 1.39. The van der Waals surface area contributed by atoms with Gasteiger partial charge >= 0.3 is 0 Å². The second-order valence-electron chi connectivity index (χ2n) is 6.52. The smallest absolute Gasteiger partial charge is 0.173 e. The first-order chi connectivity index (χ1) is 13.7. The van der Waals surface area contributed by atoms with Gasteiger partial charge in [0.1, 0.15) is 0 Å². The molecule has 0 saturated carbocycles. The fraction of sp³-hybridized carbons (Fsp3) is 0.0833. The number of thiazole rings is 1. The fourth-order valence-corrected chi connectivity index (χ4v) is 4.60. The largest absolute Gasteiger partial charge is 0.293 e. The zero-order valence-electron chi connectivity index (χ0n) is 15.5. The van der Waals surface area contributed by atoms with Gasteiger partial charge in [0.2, 0.25) is 0 Å². The Morgan fingerprint density at radius 3 is 2.21 bits per heavy atom. The Kier molecular flexibility index (Phi) is 5.70. The van der Waals surface area contributed by atoms with Crippen LogP contribution in [0.4, 0.5) is 0 Å². The summed E-state index contributed by atoms with van der Waals surface area (Å²) in [7, 11) is 0. The highest BCUT2D eigenvalue weighted by molar-refractivity contribution is 8.01. The van der Waals surface area contributed by atoms with Gasteiger partial charge in [-0.1, -0.05) is 96.2 Å². The van der Waals surface area contributed by atoms with Crippen molar-refractivity contribution in [2.24, 2.45) is 0 Å². The molecule has 0 radical (unpaired) electrons. The van der Waals surface area contributed by atoms with Crippen molar-refractivity contribution in [3.63, 3.8) is 0 Å². The van der Waals surface area contributed by atoms with Gasteiger partial charge in [-0.15, -0.1) is 11.3 Å². The summed E-state index contributed by atoms with van der Waals surface area (Å²) in [4.78, 5) is 17.2. The highest BCUT2D eigenvalue weighted by Gasteiger charge is 2.10. The van der Waals surface area contributed by atoms with Crippen molar-refractivity contribution in [3.8, 4) is 22.4 Å². The maximum Gasteiger partial charge on any atom is 0.173 e. The fourth-order valence-electron chi connectivity index (χ4n) is 2.87. The summed E-state index contributed by atoms with van der Waals surface area (Å²) in [5.74, 6) is 0.516. The molecule has 1 heterocycles. The highest BCUT2D eigenvalue weighted by Crippen LogP contribution is 2.29. The van der Waals surface area contributed by atoms with Crippen molar-refractivity contribution in [1.82, 2.24) is 4.98 Å². The summed E-state index contributed by atoms with van der Waals surface area (Å²) in [6, 6.07) is 26.3. The van der Waals surface area contributed by atoms with Crippen LogP contribution in [0.25, 0.3) is 22.4 Å². The van der Waals surface area contributed by atoms with Crippen LogP contribution in [0.3, 0.4) is 0 Å². The lowest BCUT2D eigenvalue weighted by Gasteiger charge is -2.04. The Morgan fingerprint density at radius 1 is 0.857 bits per heavy atom. The van der Waals surface area contributed by atoms with E-state index in [0.717, 1.165) is 32.3 Å². The number of hydrogen-bond donors (Lipinski definition) is 0. The van der Waals surface area contributed by atoms with Gasteiger partial charge in [-0.25, -0.2) is 4.98 Å². The zero-order chi connectivity index (χ0) is 19.3. The first-order valence-corrected chi connectivity index (χ1v) is 10.9. The second kappa shape index (κ2) is 8.55. The summed E-state index contributed by atoms with van der Waals surface area (Å²) in [5, 5.41) is 2.05. The van der Waals surface area contributed by atoms with Crippen molar-refractivity contribution in [1.29, 1.82) is 0 Å². The van der Waals surface area contributed by atoms with Gasteiger partial charge in [0, 0.05) is 16.5 Å². The minimum absolute atomic E-state index is 0.122. The van der Waals surface area contributed by atoms with Gasteiger partial charge in [0.25, 0.3) is 0 Å². The monoisotopic (exact) mass is 401 g/mol. The molecule has 0 aliphatic heterocycles. The van der Waals surface area contributed by atoms with E-state index in [-0.39, 0.29) is 5.78 Å². The molecule has 0 spiro atoms. The summed E-state index contributed by atoms with van der Waals surface area (Å²) < 4.78 is 0.921. The molecule has 0 bridgehead atoms. The minimum Gasteiger partial charge on any atom is -0.293 e. The number of hydrogen-bond acceptors (Lipinski definition) is 4. The number of carbonyl (C=O) groups excluding carboxylic acids is 1. The summed E-state index contributed by atoms with van der Waals surface area (Å²) in [6.45, 7) is 2.07. The van der Waals surface area contributed by atoms with Crippen LogP contribution < -0.4 is 0 Å². The van der Waals surface area contributed by atoms with Crippen LogP contribution in [-0.4, -0.2) is 16.5 Å². The molecule has 0 fully saturated rings. The van der Waals surface area contributed by atoms with Crippen LogP contribution in [0.5, 0.6) is 0 Å². The normalized spacial score (nSPS) is 10.8. The van der Waals surface area contributed by atoms with E-state index in [0.29, 0.717) is 5.75 Å². The van der Waals surface area contributed by atoms with Crippen molar-refractivity contribution in [2.45, 2.75) is 11.3 Å². The molecule has 0 saturated heterocycles. The SMILES string of the molecule is Cc1ccc(-c2csc(SCC(=O)c3ccc(-c4ccccc4)cc3)n2)cc1. The number of carbonyl (C=O) groups is 1. The van der Waals surface area contributed by atoms with Crippen LogP contribution in [0.15, 0.2) is 88.6 Å². The van der Waals surface area contributed by atoms with Crippen LogP contribution in [-0.2, 0) is 0 Å². The molecule has 2 nitrogen and oxygen atoms in total. The van der Waals surface area contributed by atoms with E-state index in [4.69, 9.17) is 0 Å². The van der Waals surface area contributed by atoms with E-state index in [1.807, 2.05) is 47.8 Å². The third-order valence-electron chi connectivity index (χ3n) is 4.47. The lowest BCUT2D eigenvalue weighted by atomic mass is 10.0. The van der Waals surface area contributed by atoms with Crippen molar-refractivity contribution < 1.29 is 4.79 Å². The summed E-state index contributed by atoms with van der Waals surface area (Å²) in [5.41, 5.74) is 6.32. The van der Waals surface area contributed by atoms with Crippen molar-refractivity contribution in [3.05, 3.63) is 95.4 Å². The average molecular weight is 402 g/mol. The molecule has 4 aromatic rings. The van der Waals surface area contributed by atoms with Gasteiger partial charge < -0.3 is 0 Å². The van der Waals surface area contributed by atoms with Gasteiger partial charge in [0.15, 0.2) is 10.1 Å². The molecule has 0 aliphatic carbocycles. The lowest BCUT2D eigenvalue weighted by Crippen LogP contribution is -2.01. The molecule has 0 aliphatic rings. The Labute approximate surface area is 173 Å². The van der Waals surface area contributed by atoms with E-state index in [1.54, 1.807) is 11.3 Å².